The number of rotatable bonds is 6. The Morgan fingerprint density at radius 3 is 2.74 bits per heavy atom. The van der Waals surface area contributed by atoms with Gasteiger partial charge in [0, 0.05) is 18.9 Å². The first-order valence-electron chi connectivity index (χ1n) is 5.50. The van der Waals surface area contributed by atoms with Gasteiger partial charge >= 0.3 is 12.3 Å². The number of hydrogen-bond donors (Lipinski definition) is 2. The first-order chi connectivity index (χ1) is 8.88. The summed E-state index contributed by atoms with van der Waals surface area (Å²) in [6.07, 6.45) is -1.23. The van der Waals surface area contributed by atoms with E-state index in [1.54, 1.807) is 12.2 Å². The fraction of sp³-hybridized carbons (Fsp3) is 0.455. The summed E-state index contributed by atoms with van der Waals surface area (Å²) in [5, 5.41) is 4.61. The molecule has 0 bridgehead atoms. The van der Waals surface area contributed by atoms with Crippen LogP contribution in [0, 0.1) is 0 Å². The van der Waals surface area contributed by atoms with Crippen LogP contribution >= 0.6 is 0 Å². The van der Waals surface area contributed by atoms with Gasteiger partial charge in [0.2, 0.25) is 0 Å². The summed E-state index contributed by atoms with van der Waals surface area (Å²) < 4.78 is 49.2. The van der Waals surface area contributed by atoms with Crippen molar-refractivity contribution in [1.29, 1.82) is 0 Å². The molecule has 0 radical (unpaired) electrons. The number of carbonyl (C=O) groups excluding carboxylic acids is 1. The number of nitrogens with zero attached hydrogens (tertiary/aromatic N) is 1. The van der Waals surface area contributed by atoms with Crippen LogP contribution in [-0.2, 0) is 0 Å². The van der Waals surface area contributed by atoms with Crippen LogP contribution in [0.4, 0.5) is 23.2 Å². The first-order valence-corrected chi connectivity index (χ1v) is 5.50. The molecule has 1 heterocycles. The Balaban J connectivity index is 2.74. The van der Waals surface area contributed by atoms with E-state index in [-0.39, 0.29) is 5.56 Å². The lowest BCUT2D eigenvalue weighted by molar-refractivity contribution is -0.123. The standard InChI is InChI=1S/C11H13F4N3O/c1-2-17-8-3-4-16-5-7(8)9(19)18-6-11(14,15)10(12)13/h3-5,10H,2,6H2,1H3,(H,16,17)(H,18,19). The lowest BCUT2D eigenvalue weighted by atomic mass is 10.2. The quantitative estimate of drug-likeness (QED) is 0.784. The molecule has 8 heteroatoms. The van der Waals surface area contributed by atoms with Crippen molar-refractivity contribution < 1.29 is 22.4 Å². The average Bonchev–Trinajstić information content (AvgIpc) is 2.37. The number of aromatic nitrogens is 1. The minimum Gasteiger partial charge on any atom is -0.385 e. The largest absolute Gasteiger partial charge is 0.385 e. The fourth-order valence-corrected chi connectivity index (χ4v) is 1.29. The summed E-state index contributed by atoms with van der Waals surface area (Å²) >= 11 is 0. The molecule has 0 saturated carbocycles. The van der Waals surface area contributed by atoms with Crippen LogP contribution in [0.15, 0.2) is 18.5 Å². The monoisotopic (exact) mass is 279 g/mol. The second kappa shape index (κ2) is 6.35. The number of pyridine rings is 1. The maximum absolute atomic E-state index is 12.7. The maximum atomic E-state index is 12.7. The first kappa shape index (κ1) is 15.2. The van der Waals surface area contributed by atoms with Crippen molar-refractivity contribution >= 4 is 11.6 Å². The molecule has 1 rings (SSSR count). The Hall–Kier alpha value is -1.86. The molecule has 1 aromatic rings. The van der Waals surface area contributed by atoms with Crippen LogP contribution in [0.5, 0.6) is 0 Å². The van der Waals surface area contributed by atoms with Crippen molar-refractivity contribution in [1.82, 2.24) is 10.3 Å². The Morgan fingerprint density at radius 1 is 1.47 bits per heavy atom. The van der Waals surface area contributed by atoms with Crippen LogP contribution in [0.2, 0.25) is 0 Å². The van der Waals surface area contributed by atoms with Crippen molar-refractivity contribution in [3.8, 4) is 0 Å². The maximum Gasteiger partial charge on any atom is 0.324 e. The molecule has 0 saturated heterocycles. The number of nitrogens with one attached hydrogen (secondary N) is 2. The lowest BCUT2D eigenvalue weighted by Crippen LogP contribution is -2.41. The predicted octanol–water partition coefficient (Wildman–Crippen LogP) is 2.14. The van der Waals surface area contributed by atoms with E-state index in [1.807, 2.05) is 0 Å². The van der Waals surface area contributed by atoms with Crippen LogP contribution in [0.3, 0.4) is 0 Å². The van der Waals surface area contributed by atoms with Gasteiger partial charge in [0.25, 0.3) is 5.91 Å². The van der Waals surface area contributed by atoms with E-state index in [0.717, 1.165) is 0 Å². The van der Waals surface area contributed by atoms with Gasteiger partial charge in [-0.3, -0.25) is 9.78 Å². The highest BCUT2D eigenvalue weighted by Crippen LogP contribution is 2.22. The van der Waals surface area contributed by atoms with Gasteiger partial charge in [-0.15, -0.1) is 0 Å². The van der Waals surface area contributed by atoms with E-state index in [0.29, 0.717) is 12.2 Å². The molecule has 0 atom stereocenters. The number of carbonyl (C=O) groups is 1. The number of amides is 1. The summed E-state index contributed by atoms with van der Waals surface area (Å²) in [7, 11) is 0. The highest BCUT2D eigenvalue weighted by molar-refractivity contribution is 5.99. The smallest absolute Gasteiger partial charge is 0.324 e. The molecule has 0 aromatic carbocycles. The second-order valence-electron chi connectivity index (χ2n) is 3.70. The minimum absolute atomic E-state index is 0.0226. The number of alkyl halides is 4. The summed E-state index contributed by atoms with van der Waals surface area (Å²) in [4.78, 5) is 15.3. The predicted molar refractivity (Wildman–Crippen MR) is 61.7 cm³/mol. The van der Waals surface area contributed by atoms with E-state index in [1.165, 1.54) is 18.5 Å². The summed E-state index contributed by atoms with van der Waals surface area (Å²) in [5.74, 6) is -5.14. The molecule has 0 aliphatic carbocycles. The SMILES string of the molecule is CCNc1ccncc1C(=O)NCC(F)(F)C(F)F. The van der Waals surface area contributed by atoms with Crippen LogP contribution < -0.4 is 10.6 Å². The van der Waals surface area contributed by atoms with Gasteiger partial charge in [0.1, 0.15) is 0 Å². The third-order valence-electron chi connectivity index (χ3n) is 2.24. The number of halogens is 4. The van der Waals surface area contributed by atoms with Crippen molar-refractivity contribution in [2.45, 2.75) is 19.3 Å². The Bertz CT molecular complexity index is 440. The summed E-state index contributed by atoms with van der Waals surface area (Å²) in [5.41, 5.74) is 0.421. The molecule has 0 spiro atoms. The number of hydrogen-bond acceptors (Lipinski definition) is 3. The highest BCUT2D eigenvalue weighted by Gasteiger charge is 2.40. The Labute approximate surface area is 107 Å². The molecule has 0 fully saturated rings. The van der Waals surface area contributed by atoms with Crippen molar-refractivity contribution in [3.05, 3.63) is 24.0 Å². The molecule has 2 N–H and O–H groups in total. The lowest BCUT2D eigenvalue weighted by Gasteiger charge is -2.16. The molecule has 0 aliphatic rings. The van der Waals surface area contributed by atoms with Gasteiger partial charge in [-0.1, -0.05) is 0 Å². The summed E-state index contributed by atoms with van der Waals surface area (Å²) in [6.45, 7) is 0.870. The van der Waals surface area contributed by atoms with E-state index in [2.05, 4.69) is 10.3 Å². The van der Waals surface area contributed by atoms with E-state index in [9.17, 15) is 22.4 Å². The van der Waals surface area contributed by atoms with Crippen LogP contribution in [0.1, 0.15) is 17.3 Å². The van der Waals surface area contributed by atoms with Gasteiger partial charge < -0.3 is 10.6 Å². The molecule has 19 heavy (non-hydrogen) atoms. The van der Waals surface area contributed by atoms with Crippen molar-refractivity contribution in [3.63, 3.8) is 0 Å². The molecule has 4 nitrogen and oxygen atoms in total. The van der Waals surface area contributed by atoms with Gasteiger partial charge in [-0.05, 0) is 13.0 Å². The third kappa shape index (κ3) is 4.08. The van der Waals surface area contributed by atoms with Crippen LogP contribution in [0.25, 0.3) is 0 Å². The minimum atomic E-state index is -4.25. The molecule has 106 valence electrons. The van der Waals surface area contributed by atoms with Gasteiger partial charge in [0.15, 0.2) is 0 Å². The Kier molecular flexibility index (Phi) is 5.08. The molecule has 0 unspecified atom stereocenters. The van der Waals surface area contributed by atoms with E-state index < -0.39 is 24.8 Å². The van der Waals surface area contributed by atoms with E-state index >= 15 is 0 Å². The third-order valence-corrected chi connectivity index (χ3v) is 2.24. The molecule has 0 aliphatic heterocycles. The van der Waals surface area contributed by atoms with Crippen molar-refractivity contribution in [2.75, 3.05) is 18.4 Å². The van der Waals surface area contributed by atoms with Crippen molar-refractivity contribution in [2.24, 2.45) is 0 Å². The normalized spacial score (nSPS) is 11.5. The van der Waals surface area contributed by atoms with Gasteiger partial charge in [-0.2, -0.15) is 8.78 Å². The molecule has 1 aromatic heterocycles. The van der Waals surface area contributed by atoms with Gasteiger partial charge in [-0.25, -0.2) is 8.78 Å². The zero-order chi connectivity index (χ0) is 14.5. The van der Waals surface area contributed by atoms with E-state index in [4.69, 9.17) is 0 Å². The topological polar surface area (TPSA) is 54.0 Å². The number of anilines is 1. The molecular formula is C11H13F4N3O. The van der Waals surface area contributed by atoms with Crippen LogP contribution in [-0.4, -0.2) is 36.3 Å². The molecular weight excluding hydrogens is 266 g/mol. The summed E-state index contributed by atoms with van der Waals surface area (Å²) in [6, 6.07) is 1.49. The van der Waals surface area contributed by atoms with Gasteiger partial charge in [0.05, 0.1) is 17.8 Å². The highest BCUT2D eigenvalue weighted by atomic mass is 19.3. The fourth-order valence-electron chi connectivity index (χ4n) is 1.29. The zero-order valence-corrected chi connectivity index (χ0v) is 10.1. The second-order valence-corrected chi connectivity index (χ2v) is 3.70. The average molecular weight is 279 g/mol. The molecule has 1 amide bonds. The zero-order valence-electron chi connectivity index (χ0n) is 10.1. The Morgan fingerprint density at radius 2 is 2.16 bits per heavy atom.